The molecule has 1 saturated heterocycles. The first-order valence-corrected chi connectivity index (χ1v) is 10.4. The number of rotatable bonds is 3. The van der Waals surface area contributed by atoms with Gasteiger partial charge in [-0.2, -0.15) is 0 Å². The normalized spacial score (nSPS) is 17.1. The van der Waals surface area contributed by atoms with Crippen molar-refractivity contribution in [2.45, 2.75) is 11.1 Å². The van der Waals surface area contributed by atoms with Crippen LogP contribution in [0.25, 0.3) is 15.6 Å². The second-order valence-electron chi connectivity index (χ2n) is 6.52. The van der Waals surface area contributed by atoms with E-state index < -0.39 is 16.0 Å². The molecule has 1 aliphatic rings. The summed E-state index contributed by atoms with van der Waals surface area (Å²) in [6.07, 6.45) is 3.67. The van der Waals surface area contributed by atoms with Gasteiger partial charge in [-0.3, -0.25) is 14.7 Å². The van der Waals surface area contributed by atoms with E-state index in [-0.39, 0.29) is 17.5 Å². The third-order valence-corrected chi connectivity index (χ3v) is 5.80. The minimum absolute atomic E-state index is 0.127. The third-order valence-electron chi connectivity index (χ3n) is 4.69. The van der Waals surface area contributed by atoms with Gasteiger partial charge in [-0.15, -0.1) is 0 Å². The predicted octanol–water partition coefficient (Wildman–Crippen LogP) is 3.33. The number of hydrogen-bond acceptors (Lipinski definition) is 4. The van der Waals surface area contributed by atoms with Crippen LogP contribution in [0, 0.1) is 6.57 Å². The van der Waals surface area contributed by atoms with Gasteiger partial charge in [0.25, 0.3) is 0 Å². The largest absolute Gasteiger partial charge is 0.335 e. The van der Waals surface area contributed by atoms with Crippen molar-refractivity contribution in [3.8, 4) is 0 Å². The van der Waals surface area contributed by atoms with Crippen molar-refractivity contribution in [3.63, 3.8) is 0 Å². The lowest BCUT2D eigenvalue weighted by Gasteiger charge is -2.19. The van der Waals surface area contributed by atoms with Crippen molar-refractivity contribution >= 4 is 38.0 Å². The Labute approximate surface area is 162 Å². The molecule has 3 aromatic rings. The summed E-state index contributed by atoms with van der Waals surface area (Å²) in [4.78, 5) is 24.0. The van der Waals surface area contributed by atoms with Crippen LogP contribution in [-0.4, -0.2) is 38.4 Å². The molecule has 2 heterocycles. The van der Waals surface area contributed by atoms with Gasteiger partial charge in [0, 0.05) is 28.9 Å². The van der Waals surface area contributed by atoms with Gasteiger partial charge in [0.05, 0.1) is 16.8 Å². The van der Waals surface area contributed by atoms with Crippen LogP contribution in [0.3, 0.4) is 0 Å². The lowest BCUT2D eigenvalue weighted by molar-refractivity contribution is 0.255. The van der Waals surface area contributed by atoms with Crippen LogP contribution in [0.1, 0.15) is 0 Å². The Bertz CT molecular complexity index is 1230. The van der Waals surface area contributed by atoms with E-state index in [1.54, 1.807) is 24.5 Å². The van der Waals surface area contributed by atoms with Gasteiger partial charge >= 0.3 is 12.2 Å². The smallest absolute Gasteiger partial charge is 0.287 e. The summed E-state index contributed by atoms with van der Waals surface area (Å²) in [6.45, 7) is 7.70. The highest BCUT2D eigenvalue weighted by Crippen LogP contribution is 2.34. The van der Waals surface area contributed by atoms with Crippen LogP contribution in [0.5, 0.6) is 0 Å². The van der Waals surface area contributed by atoms with E-state index in [2.05, 4.69) is 9.83 Å². The van der Waals surface area contributed by atoms with Crippen LogP contribution >= 0.6 is 0 Å². The van der Waals surface area contributed by atoms with Gasteiger partial charge in [0.1, 0.15) is 6.54 Å². The number of hydrogen-bond donors (Lipinski definition) is 0. The average Bonchev–Trinajstić information content (AvgIpc) is 3.03. The van der Waals surface area contributed by atoms with E-state index >= 15 is 0 Å². The Balaban J connectivity index is 1.80. The SMILES string of the molecule is [C-]#[N+]C1CN(c2cccc(S(C)(=O)=O)c2)C(=O)N1c1cncc2ccccc12. The van der Waals surface area contributed by atoms with Crippen LogP contribution in [0.4, 0.5) is 16.2 Å². The van der Waals surface area contributed by atoms with E-state index in [0.717, 1.165) is 17.0 Å². The van der Waals surface area contributed by atoms with Gasteiger partial charge in [-0.05, 0) is 18.2 Å². The maximum atomic E-state index is 13.2. The van der Waals surface area contributed by atoms with Crippen LogP contribution < -0.4 is 9.80 Å². The van der Waals surface area contributed by atoms with E-state index in [1.165, 1.54) is 21.9 Å². The lowest BCUT2D eigenvalue weighted by Crippen LogP contribution is -2.34. The fraction of sp³-hybridized carbons (Fsp3) is 0.150. The van der Waals surface area contributed by atoms with Crippen molar-refractivity contribution in [1.82, 2.24) is 4.98 Å². The van der Waals surface area contributed by atoms with Gasteiger partial charge in [0.15, 0.2) is 9.84 Å². The lowest BCUT2D eigenvalue weighted by atomic mass is 10.1. The molecule has 2 aromatic carbocycles. The molecule has 28 heavy (non-hydrogen) atoms. The Kier molecular flexibility index (Phi) is 4.24. The molecule has 0 bridgehead atoms. The monoisotopic (exact) mass is 392 g/mol. The van der Waals surface area contributed by atoms with Crippen LogP contribution in [0.2, 0.25) is 0 Å². The summed E-state index contributed by atoms with van der Waals surface area (Å²) in [5, 5.41) is 1.69. The first-order chi connectivity index (χ1) is 13.4. The summed E-state index contributed by atoms with van der Waals surface area (Å²) >= 11 is 0. The highest BCUT2D eigenvalue weighted by Gasteiger charge is 2.44. The number of nitrogens with zero attached hydrogens (tertiary/aromatic N) is 4. The molecule has 1 aliphatic heterocycles. The second-order valence-corrected chi connectivity index (χ2v) is 8.54. The Morgan fingerprint density at radius 2 is 1.93 bits per heavy atom. The van der Waals surface area contributed by atoms with Crippen molar-refractivity contribution in [1.29, 1.82) is 0 Å². The zero-order valence-corrected chi connectivity index (χ0v) is 15.8. The Morgan fingerprint density at radius 1 is 1.14 bits per heavy atom. The number of benzene rings is 2. The molecule has 1 unspecified atom stereocenters. The molecule has 140 valence electrons. The Hall–Kier alpha value is -3.44. The fourth-order valence-corrected chi connectivity index (χ4v) is 3.99. The molecular formula is C20H16N4O3S. The van der Waals surface area contributed by atoms with Gasteiger partial charge in [-0.25, -0.2) is 24.7 Å². The number of sulfone groups is 1. The van der Waals surface area contributed by atoms with Gasteiger partial charge in [-0.1, -0.05) is 30.3 Å². The molecule has 8 heteroatoms. The molecule has 0 aliphatic carbocycles. The predicted molar refractivity (Wildman–Crippen MR) is 107 cm³/mol. The van der Waals surface area contributed by atoms with Crippen LogP contribution in [-0.2, 0) is 9.84 Å². The number of amides is 2. The molecule has 0 N–H and O–H groups in total. The summed E-state index contributed by atoms with van der Waals surface area (Å²) in [7, 11) is -3.41. The number of carbonyl (C=O) groups excluding carboxylic acids is 1. The minimum Gasteiger partial charge on any atom is -0.287 e. The standard InChI is InChI=1S/C20H16N4O3S/c1-21-19-13-23(15-7-5-8-16(10-15)28(2,26)27)20(25)24(19)18-12-22-11-14-6-3-4-9-17(14)18/h3-12,19H,13H2,2H3. The highest BCUT2D eigenvalue weighted by atomic mass is 32.2. The third kappa shape index (κ3) is 2.96. The molecule has 7 nitrogen and oxygen atoms in total. The van der Waals surface area contributed by atoms with Gasteiger partial charge < -0.3 is 0 Å². The van der Waals surface area contributed by atoms with Crippen molar-refractivity contribution < 1.29 is 13.2 Å². The molecule has 0 radical (unpaired) electrons. The molecule has 4 rings (SSSR count). The number of aromatic nitrogens is 1. The van der Waals surface area contributed by atoms with E-state index in [0.29, 0.717) is 11.4 Å². The minimum atomic E-state index is -3.41. The number of anilines is 2. The van der Waals surface area contributed by atoms with E-state index in [9.17, 15) is 13.2 Å². The summed E-state index contributed by atoms with van der Waals surface area (Å²) < 4.78 is 23.7. The summed E-state index contributed by atoms with van der Waals surface area (Å²) in [6, 6.07) is 13.3. The molecule has 1 atom stereocenters. The fourth-order valence-electron chi connectivity index (χ4n) is 3.33. The van der Waals surface area contributed by atoms with Crippen molar-refractivity contribution in [2.24, 2.45) is 0 Å². The first-order valence-electron chi connectivity index (χ1n) is 8.50. The zero-order chi connectivity index (χ0) is 19.9. The average molecular weight is 392 g/mol. The quantitative estimate of drug-likeness (QED) is 0.641. The molecule has 1 aromatic heterocycles. The molecule has 0 saturated carbocycles. The van der Waals surface area contributed by atoms with E-state index in [1.807, 2.05) is 24.3 Å². The molecule has 1 fully saturated rings. The molecule has 2 amide bonds. The Morgan fingerprint density at radius 3 is 2.68 bits per heavy atom. The molecule has 0 spiro atoms. The number of fused-ring (bicyclic) bond motifs is 1. The summed E-state index contributed by atoms with van der Waals surface area (Å²) in [5.74, 6) is 0. The topological polar surface area (TPSA) is 74.9 Å². The van der Waals surface area contributed by atoms with Crippen molar-refractivity contribution in [3.05, 3.63) is 72.3 Å². The highest BCUT2D eigenvalue weighted by molar-refractivity contribution is 7.90. The first kappa shape index (κ1) is 17.9. The maximum absolute atomic E-state index is 13.2. The maximum Gasteiger partial charge on any atom is 0.335 e. The number of carbonyl (C=O) groups is 1. The number of pyridine rings is 1. The van der Waals surface area contributed by atoms with Gasteiger partial charge in [0.2, 0.25) is 0 Å². The number of urea groups is 1. The zero-order valence-electron chi connectivity index (χ0n) is 15.0. The molecular weight excluding hydrogens is 376 g/mol. The summed E-state index contributed by atoms with van der Waals surface area (Å²) in [5.41, 5.74) is 1.00. The van der Waals surface area contributed by atoms with Crippen LogP contribution in [0.15, 0.2) is 65.8 Å². The van der Waals surface area contributed by atoms with Crippen molar-refractivity contribution in [2.75, 3.05) is 22.6 Å². The van der Waals surface area contributed by atoms with E-state index in [4.69, 9.17) is 6.57 Å². The second kappa shape index (κ2) is 6.62.